The first kappa shape index (κ1) is 14.4. The molecule has 106 valence electrons. The third kappa shape index (κ3) is 3.12. The van der Waals surface area contributed by atoms with Crippen LogP contribution < -0.4 is 10.5 Å². The molecule has 0 saturated carbocycles. The molecule has 2 atom stereocenters. The van der Waals surface area contributed by atoms with Gasteiger partial charge in [-0.25, -0.2) is 13.1 Å². The summed E-state index contributed by atoms with van der Waals surface area (Å²) in [4.78, 5) is 11.0. The number of rotatable bonds is 5. The molecule has 3 N–H and O–H groups in total. The zero-order chi connectivity index (χ0) is 14.0. The van der Waals surface area contributed by atoms with Gasteiger partial charge in [-0.15, -0.1) is 11.3 Å². The topological polar surface area (TPSA) is 108 Å². The molecule has 0 aromatic carbocycles. The molecule has 0 radical (unpaired) electrons. The van der Waals surface area contributed by atoms with Gasteiger partial charge >= 0.3 is 0 Å². The van der Waals surface area contributed by atoms with Gasteiger partial charge in [-0.05, 0) is 6.07 Å². The number of nitrogens with two attached hydrogens (primary N) is 1. The van der Waals surface area contributed by atoms with E-state index in [0.717, 1.165) is 11.3 Å². The average molecular weight is 306 g/mol. The number of nitrogens with one attached hydrogen (secondary N) is 1. The lowest BCUT2D eigenvalue weighted by molar-refractivity contribution is 0.0761. The van der Waals surface area contributed by atoms with Gasteiger partial charge in [0, 0.05) is 12.5 Å². The molecule has 0 spiro atoms. The first-order valence-corrected chi connectivity index (χ1v) is 7.81. The van der Waals surface area contributed by atoms with Crippen LogP contribution in [0.3, 0.4) is 0 Å². The SMILES string of the molecule is COC1COCC1NS(=O)(=O)c1cc(C(N)=O)cs1. The van der Waals surface area contributed by atoms with E-state index in [1.54, 1.807) is 0 Å². The lowest BCUT2D eigenvalue weighted by Crippen LogP contribution is -2.43. The number of ether oxygens (including phenoxy) is 2. The van der Waals surface area contributed by atoms with Crippen LogP contribution in [0.2, 0.25) is 0 Å². The summed E-state index contributed by atoms with van der Waals surface area (Å²) in [6, 6.07) is 0.821. The van der Waals surface area contributed by atoms with Crippen molar-refractivity contribution in [3.05, 3.63) is 17.0 Å². The predicted octanol–water partition coefficient (Wildman–Crippen LogP) is -0.461. The molecule has 0 aliphatic carbocycles. The van der Waals surface area contributed by atoms with Gasteiger partial charge in [0.15, 0.2) is 0 Å². The standard InChI is InChI=1S/C10H14N2O5S2/c1-16-8-4-17-3-7(8)12-19(14,15)9-2-6(5-18-9)10(11)13/h2,5,7-8,12H,3-4H2,1H3,(H2,11,13). The van der Waals surface area contributed by atoms with Crippen molar-refractivity contribution in [1.29, 1.82) is 0 Å². The van der Waals surface area contributed by atoms with Gasteiger partial charge in [-0.3, -0.25) is 4.79 Å². The van der Waals surface area contributed by atoms with E-state index in [2.05, 4.69) is 4.72 Å². The fraction of sp³-hybridized carbons (Fsp3) is 0.500. The van der Waals surface area contributed by atoms with Gasteiger partial charge in [-0.2, -0.15) is 0 Å². The molecule has 2 rings (SSSR count). The highest BCUT2D eigenvalue weighted by atomic mass is 32.2. The van der Waals surface area contributed by atoms with E-state index in [1.165, 1.54) is 18.6 Å². The van der Waals surface area contributed by atoms with Crippen LogP contribution in [-0.2, 0) is 19.5 Å². The Hall–Kier alpha value is -1.00. The highest BCUT2D eigenvalue weighted by molar-refractivity contribution is 7.91. The number of primary amides is 1. The van der Waals surface area contributed by atoms with Crippen LogP contribution in [0.15, 0.2) is 15.7 Å². The quantitative estimate of drug-likeness (QED) is 0.765. The third-order valence-electron chi connectivity index (χ3n) is 2.76. The Morgan fingerprint density at radius 2 is 2.32 bits per heavy atom. The molecule has 2 unspecified atom stereocenters. The summed E-state index contributed by atoms with van der Waals surface area (Å²) in [6.45, 7) is 0.604. The molecule has 1 amide bonds. The third-order valence-corrected chi connectivity index (χ3v) is 5.69. The average Bonchev–Trinajstić information content (AvgIpc) is 2.95. The molecule has 1 aromatic rings. The van der Waals surface area contributed by atoms with Crippen LogP contribution in [0, 0.1) is 0 Å². The van der Waals surface area contributed by atoms with Crippen LogP contribution >= 0.6 is 11.3 Å². The molecule has 1 aromatic heterocycles. The Morgan fingerprint density at radius 1 is 1.58 bits per heavy atom. The minimum absolute atomic E-state index is 0.0445. The number of thiophene rings is 1. The largest absolute Gasteiger partial charge is 0.377 e. The molecule has 1 aliphatic rings. The molecular weight excluding hydrogens is 292 g/mol. The van der Waals surface area contributed by atoms with Gasteiger partial charge in [-0.1, -0.05) is 0 Å². The molecule has 1 aliphatic heterocycles. The second-order valence-corrected chi connectivity index (χ2v) is 6.91. The van der Waals surface area contributed by atoms with Crippen LogP contribution in [0.25, 0.3) is 0 Å². The van der Waals surface area contributed by atoms with Crippen molar-refractivity contribution in [3.63, 3.8) is 0 Å². The van der Waals surface area contributed by atoms with E-state index in [4.69, 9.17) is 15.2 Å². The monoisotopic (exact) mass is 306 g/mol. The van der Waals surface area contributed by atoms with Crippen LogP contribution in [0.1, 0.15) is 10.4 Å². The number of methoxy groups -OCH3 is 1. The highest BCUT2D eigenvalue weighted by Gasteiger charge is 2.32. The summed E-state index contributed by atoms with van der Waals surface area (Å²) in [7, 11) is -2.20. The normalized spacial score (nSPS) is 23.6. The maximum atomic E-state index is 12.1. The smallest absolute Gasteiger partial charge is 0.250 e. The molecule has 1 fully saturated rings. The van der Waals surface area contributed by atoms with Crippen molar-refractivity contribution >= 4 is 27.3 Å². The van der Waals surface area contributed by atoms with Gasteiger partial charge in [0.1, 0.15) is 4.21 Å². The summed E-state index contributed by atoms with van der Waals surface area (Å²) < 4.78 is 37.1. The van der Waals surface area contributed by atoms with Crippen molar-refractivity contribution in [2.75, 3.05) is 20.3 Å². The van der Waals surface area contributed by atoms with E-state index in [-0.39, 0.29) is 22.5 Å². The van der Waals surface area contributed by atoms with E-state index in [0.29, 0.717) is 6.61 Å². The number of sulfonamides is 1. The number of carbonyl (C=O) groups is 1. The van der Waals surface area contributed by atoms with Crippen molar-refractivity contribution in [3.8, 4) is 0 Å². The highest BCUT2D eigenvalue weighted by Crippen LogP contribution is 2.21. The Morgan fingerprint density at radius 3 is 2.89 bits per heavy atom. The molecule has 0 bridgehead atoms. The lowest BCUT2D eigenvalue weighted by atomic mass is 10.2. The summed E-state index contributed by atoms with van der Waals surface area (Å²) in [5.41, 5.74) is 5.27. The molecule has 19 heavy (non-hydrogen) atoms. The van der Waals surface area contributed by atoms with Crippen molar-refractivity contribution in [1.82, 2.24) is 4.72 Å². The molecule has 1 saturated heterocycles. The zero-order valence-electron chi connectivity index (χ0n) is 10.2. The van der Waals surface area contributed by atoms with E-state index >= 15 is 0 Å². The molecule has 2 heterocycles. The van der Waals surface area contributed by atoms with Gasteiger partial charge in [0.05, 0.1) is 30.9 Å². The van der Waals surface area contributed by atoms with Gasteiger partial charge in [0.2, 0.25) is 15.9 Å². The van der Waals surface area contributed by atoms with Crippen molar-refractivity contribution < 1.29 is 22.7 Å². The fourth-order valence-electron chi connectivity index (χ4n) is 1.72. The molecule has 7 nitrogen and oxygen atoms in total. The van der Waals surface area contributed by atoms with Crippen molar-refractivity contribution in [2.45, 2.75) is 16.4 Å². The molecular formula is C10H14N2O5S2. The van der Waals surface area contributed by atoms with Gasteiger partial charge < -0.3 is 15.2 Å². The Kier molecular flexibility index (Phi) is 4.21. The Bertz CT molecular complexity index is 568. The first-order chi connectivity index (χ1) is 8.94. The van der Waals surface area contributed by atoms with Gasteiger partial charge in [0.25, 0.3) is 0 Å². The van der Waals surface area contributed by atoms with E-state index < -0.39 is 22.0 Å². The number of hydrogen-bond acceptors (Lipinski definition) is 6. The minimum atomic E-state index is -3.70. The maximum Gasteiger partial charge on any atom is 0.250 e. The number of amides is 1. The van der Waals surface area contributed by atoms with E-state index in [1.807, 2.05) is 0 Å². The Balaban J connectivity index is 2.15. The predicted molar refractivity (Wildman–Crippen MR) is 68.6 cm³/mol. The second-order valence-electron chi connectivity index (χ2n) is 4.06. The zero-order valence-corrected chi connectivity index (χ0v) is 11.8. The minimum Gasteiger partial charge on any atom is -0.377 e. The van der Waals surface area contributed by atoms with Crippen LogP contribution in [-0.4, -0.2) is 46.8 Å². The summed E-state index contributed by atoms with van der Waals surface area (Å²) in [5, 5.41) is 1.41. The first-order valence-electron chi connectivity index (χ1n) is 5.45. The fourth-order valence-corrected chi connectivity index (χ4v) is 4.16. The number of hydrogen-bond donors (Lipinski definition) is 2. The summed E-state index contributed by atoms with van der Waals surface area (Å²) in [6.07, 6.45) is -0.314. The Labute approximate surface area is 114 Å². The van der Waals surface area contributed by atoms with Crippen molar-refractivity contribution in [2.24, 2.45) is 5.73 Å². The van der Waals surface area contributed by atoms with E-state index in [9.17, 15) is 13.2 Å². The summed E-state index contributed by atoms with van der Waals surface area (Å²) >= 11 is 0.944. The number of carbonyl (C=O) groups excluding carboxylic acids is 1. The van der Waals surface area contributed by atoms with Crippen LogP contribution in [0.5, 0.6) is 0 Å². The maximum absolute atomic E-state index is 12.1. The lowest BCUT2D eigenvalue weighted by Gasteiger charge is -2.16. The second kappa shape index (κ2) is 5.55. The molecule has 9 heteroatoms. The summed E-state index contributed by atoms with van der Waals surface area (Å²) in [5.74, 6) is -0.656. The van der Waals surface area contributed by atoms with Crippen LogP contribution in [0.4, 0.5) is 0 Å².